The van der Waals surface area contributed by atoms with Crippen LogP contribution in [-0.2, 0) is 11.4 Å². The largest absolute Gasteiger partial charge is 0.484 e. The fourth-order valence-electron chi connectivity index (χ4n) is 1.31. The number of H-pyrrole nitrogens is 1. The second-order valence-electron chi connectivity index (χ2n) is 3.88. The van der Waals surface area contributed by atoms with E-state index in [1.807, 2.05) is 12.1 Å². The number of ether oxygens (including phenoxy) is 1. The minimum atomic E-state index is -0.909. The van der Waals surface area contributed by atoms with Crippen LogP contribution in [-0.4, -0.2) is 31.5 Å². The molecule has 1 atom stereocenters. The van der Waals surface area contributed by atoms with Crippen LogP contribution in [0.25, 0.3) is 0 Å². The lowest BCUT2D eigenvalue weighted by molar-refractivity contribution is -0.136. The number of hydrogen-bond acceptors (Lipinski definition) is 5. The standard InChI is InChI=1S/C12H12ClN3O3S/c1-7(11(17)18)20-12-14-10(15-16-12)6-19-9-5-3-2-4-8(9)13/h2-5,7H,6H2,1H3,(H,17,18)(H,14,15,16)/t7-/m1/s1. The maximum Gasteiger partial charge on any atom is 0.316 e. The van der Waals surface area contributed by atoms with Gasteiger partial charge in [0, 0.05) is 0 Å². The van der Waals surface area contributed by atoms with Crippen molar-refractivity contribution >= 4 is 29.3 Å². The number of halogens is 1. The number of aliphatic carboxylic acids is 1. The molecule has 0 saturated carbocycles. The molecule has 6 nitrogen and oxygen atoms in total. The van der Waals surface area contributed by atoms with Crippen molar-refractivity contribution in [3.05, 3.63) is 35.1 Å². The van der Waals surface area contributed by atoms with E-state index in [9.17, 15) is 4.79 Å². The van der Waals surface area contributed by atoms with E-state index in [1.54, 1.807) is 19.1 Å². The van der Waals surface area contributed by atoms with Gasteiger partial charge in [0.05, 0.1) is 5.02 Å². The molecule has 1 heterocycles. The number of rotatable bonds is 6. The average Bonchev–Trinajstić information content (AvgIpc) is 2.85. The molecular formula is C12H12ClN3O3S. The molecule has 1 aromatic heterocycles. The van der Waals surface area contributed by atoms with Gasteiger partial charge in [0.1, 0.15) is 17.6 Å². The molecule has 0 fully saturated rings. The van der Waals surface area contributed by atoms with Gasteiger partial charge in [-0.2, -0.15) is 0 Å². The molecule has 106 valence electrons. The Labute approximate surface area is 124 Å². The van der Waals surface area contributed by atoms with Crippen molar-refractivity contribution in [3.8, 4) is 5.75 Å². The maximum atomic E-state index is 10.7. The number of aromatic nitrogens is 3. The zero-order chi connectivity index (χ0) is 14.5. The lowest BCUT2D eigenvalue weighted by atomic mass is 10.3. The van der Waals surface area contributed by atoms with E-state index in [1.165, 1.54) is 0 Å². The molecule has 2 aromatic rings. The highest BCUT2D eigenvalue weighted by Crippen LogP contribution is 2.24. The first-order valence-electron chi connectivity index (χ1n) is 5.74. The van der Waals surface area contributed by atoms with Crippen molar-refractivity contribution in [2.75, 3.05) is 0 Å². The van der Waals surface area contributed by atoms with Crippen LogP contribution in [0.5, 0.6) is 5.75 Å². The molecule has 0 aliphatic heterocycles. The van der Waals surface area contributed by atoms with Gasteiger partial charge >= 0.3 is 5.97 Å². The van der Waals surface area contributed by atoms with Gasteiger partial charge in [-0.05, 0) is 19.1 Å². The minimum Gasteiger partial charge on any atom is -0.484 e. The summed E-state index contributed by atoms with van der Waals surface area (Å²) in [5.74, 6) is 0.150. The van der Waals surface area contributed by atoms with Crippen molar-refractivity contribution in [1.82, 2.24) is 15.2 Å². The third kappa shape index (κ3) is 3.88. The summed E-state index contributed by atoms with van der Waals surface area (Å²) in [6.45, 7) is 1.75. The molecule has 0 bridgehead atoms. The van der Waals surface area contributed by atoms with Crippen LogP contribution in [0.3, 0.4) is 0 Å². The van der Waals surface area contributed by atoms with Crippen molar-refractivity contribution < 1.29 is 14.6 Å². The Hall–Kier alpha value is -1.73. The van der Waals surface area contributed by atoms with Crippen LogP contribution in [0.15, 0.2) is 29.4 Å². The van der Waals surface area contributed by atoms with Crippen LogP contribution < -0.4 is 4.74 Å². The highest BCUT2D eigenvalue weighted by atomic mass is 35.5. The molecule has 0 saturated heterocycles. The van der Waals surface area contributed by atoms with Crippen molar-refractivity contribution in [2.45, 2.75) is 23.9 Å². The summed E-state index contributed by atoms with van der Waals surface area (Å²) in [6, 6.07) is 7.11. The minimum absolute atomic E-state index is 0.179. The Kier molecular flexibility index (Phi) is 4.86. The zero-order valence-electron chi connectivity index (χ0n) is 10.5. The number of nitrogens with zero attached hydrogens (tertiary/aromatic N) is 2. The fourth-order valence-corrected chi connectivity index (χ4v) is 2.18. The monoisotopic (exact) mass is 313 g/mol. The predicted molar refractivity (Wildman–Crippen MR) is 75.1 cm³/mol. The number of carboxylic acid groups (broad SMARTS) is 1. The Balaban J connectivity index is 1.93. The first-order chi connectivity index (χ1) is 9.56. The van der Waals surface area contributed by atoms with Crippen molar-refractivity contribution in [3.63, 3.8) is 0 Å². The van der Waals surface area contributed by atoms with E-state index in [4.69, 9.17) is 21.4 Å². The van der Waals surface area contributed by atoms with E-state index in [2.05, 4.69) is 15.2 Å². The van der Waals surface area contributed by atoms with Gasteiger partial charge < -0.3 is 9.84 Å². The summed E-state index contributed by atoms with van der Waals surface area (Å²) < 4.78 is 5.50. The summed E-state index contributed by atoms with van der Waals surface area (Å²) in [4.78, 5) is 14.9. The van der Waals surface area contributed by atoms with E-state index < -0.39 is 11.2 Å². The Bertz CT molecular complexity index is 605. The highest BCUT2D eigenvalue weighted by molar-refractivity contribution is 8.00. The third-order valence-corrected chi connectivity index (χ3v) is 3.60. The van der Waals surface area contributed by atoms with Gasteiger partial charge in [0.25, 0.3) is 0 Å². The highest BCUT2D eigenvalue weighted by Gasteiger charge is 2.15. The lowest BCUT2D eigenvalue weighted by Crippen LogP contribution is -2.11. The molecule has 0 amide bonds. The van der Waals surface area contributed by atoms with Gasteiger partial charge in [-0.3, -0.25) is 9.89 Å². The van der Waals surface area contributed by atoms with Gasteiger partial charge in [-0.1, -0.05) is 35.5 Å². The maximum absolute atomic E-state index is 10.7. The SMILES string of the molecule is C[C@@H](Sc1n[nH]c(COc2ccccc2Cl)n1)C(=O)O. The Morgan fingerprint density at radius 2 is 2.30 bits per heavy atom. The summed E-state index contributed by atoms with van der Waals surface area (Å²) in [7, 11) is 0. The lowest BCUT2D eigenvalue weighted by Gasteiger charge is -2.05. The number of benzene rings is 1. The molecule has 0 aliphatic carbocycles. The van der Waals surface area contributed by atoms with Crippen molar-refractivity contribution in [1.29, 1.82) is 0 Å². The van der Waals surface area contributed by atoms with Gasteiger partial charge in [0.2, 0.25) is 5.16 Å². The van der Waals surface area contributed by atoms with Crippen LogP contribution in [0, 0.1) is 0 Å². The molecule has 0 radical (unpaired) electrons. The Morgan fingerprint density at radius 3 is 3.00 bits per heavy atom. The summed E-state index contributed by atoms with van der Waals surface area (Å²) >= 11 is 7.02. The van der Waals surface area contributed by atoms with Crippen LogP contribution in [0.2, 0.25) is 5.02 Å². The number of nitrogens with one attached hydrogen (secondary N) is 1. The number of thioether (sulfide) groups is 1. The summed E-state index contributed by atoms with van der Waals surface area (Å²) in [5.41, 5.74) is 0. The topological polar surface area (TPSA) is 88.1 Å². The number of aromatic amines is 1. The number of hydrogen-bond donors (Lipinski definition) is 2. The summed E-state index contributed by atoms with van der Waals surface area (Å²) in [5, 5.41) is 15.7. The molecular weight excluding hydrogens is 302 g/mol. The predicted octanol–water partition coefficient (Wildman–Crippen LogP) is 2.60. The van der Waals surface area contributed by atoms with E-state index in [0.717, 1.165) is 11.8 Å². The number of para-hydroxylation sites is 1. The zero-order valence-corrected chi connectivity index (χ0v) is 12.1. The molecule has 1 aromatic carbocycles. The molecule has 0 aliphatic rings. The first kappa shape index (κ1) is 14.7. The number of carbonyl (C=O) groups is 1. The molecule has 0 unspecified atom stereocenters. The average molecular weight is 314 g/mol. The number of carboxylic acids is 1. The summed E-state index contributed by atoms with van der Waals surface area (Å²) in [6.07, 6.45) is 0. The normalized spacial score (nSPS) is 12.1. The van der Waals surface area contributed by atoms with Crippen LogP contribution in [0.1, 0.15) is 12.7 Å². The van der Waals surface area contributed by atoms with Gasteiger partial charge in [-0.15, -0.1) is 5.10 Å². The molecule has 2 N–H and O–H groups in total. The van der Waals surface area contributed by atoms with Crippen LogP contribution >= 0.6 is 23.4 Å². The Morgan fingerprint density at radius 1 is 1.55 bits per heavy atom. The molecule has 8 heteroatoms. The molecule has 2 rings (SSSR count). The molecule has 0 spiro atoms. The van der Waals surface area contributed by atoms with E-state index in [0.29, 0.717) is 21.8 Å². The molecule has 20 heavy (non-hydrogen) atoms. The van der Waals surface area contributed by atoms with Crippen LogP contribution in [0.4, 0.5) is 0 Å². The van der Waals surface area contributed by atoms with Crippen molar-refractivity contribution in [2.24, 2.45) is 0 Å². The second-order valence-corrected chi connectivity index (χ2v) is 5.60. The first-order valence-corrected chi connectivity index (χ1v) is 7.00. The van der Waals surface area contributed by atoms with E-state index in [-0.39, 0.29) is 6.61 Å². The van der Waals surface area contributed by atoms with Gasteiger partial charge in [0.15, 0.2) is 5.82 Å². The quantitative estimate of drug-likeness (QED) is 0.797. The fraction of sp³-hybridized carbons (Fsp3) is 0.250. The van der Waals surface area contributed by atoms with Gasteiger partial charge in [-0.25, -0.2) is 4.98 Å². The second kappa shape index (κ2) is 6.62. The van der Waals surface area contributed by atoms with E-state index >= 15 is 0 Å². The third-order valence-electron chi connectivity index (χ3n) is 2.34. The smallest absolute Gasteiger partial charge is 0.316 e.